The van der Waals surface area contributed by atoms with E-state index in [9.17, 15) is 13.2 Å². The minimum absolute atomic E-state index is 0.00417. The highest BCUT2D eigenvalue weighted by atomic mass is 32.2. The SMILES string of the molecule is CCN(C(=O)[C@H](C)N)C(C)CS(=O)(=O)CC. The van der Waals surface area contributed by atoms with Crippen LogP contribution in [0.4, 0.5) is 0 Å². The van der Waals surface area contributed by atoms with Gasteiger partial charge in [0.1, 0.15) is 0 Å². The Bertz CT molecular complexity index is 325. The number of hydrogen-bond acceptors (Lipinski definition) is 4. The highest BCUT2D eigenvalue weighted by Crippen LogP contribution is 2.05. The van der Waals surface area contributed by atoms with Crippen molar-refractivity contribution in [3.05, 3.63) is 0 Å². The minimum atomic E-state index is -3.07. The first kappa shape index (κ1) is 15.4. The van der Waals surface area contributed by atoms with Gasteiger partial charge in [0.2, 0.25) is 5.91 Å². The van der Waals surface area contributed by atoms with E-state index in [0.29, 0.717) is 6.54 Å². The van der Waals surface area contributed by atoms with Crippen LogP contribution in [0.25, 0.3) is 0 Å². The summed E-state index contributed by atoms with van der Waals surface area (Å²) in [4.78, 5) is 13.2. The number of nitrogens with two attached hydrogens (primary N) is 1. The van der Waals surface area contributed by atoms with E-state index in [4.69, 9.17) is 5.73 Å². The molecule has 0 aliphatic rings. The topological polar surface area (TPSA) is 80.5 Å². The summed E-state index contributed by atoms with van der Waals surface area (Å²) in [6.07, 6.45) is 0. The molecule has 0 heterocycles. The van der Waals surface area contributed by atoms with E-state index in [1.54, 1.807) is 20.8 Å². The van der Waals surface area contributed by atoms with Crippen molar-refractivity contribution in [1.82, 2.24) is 4.90 Å². The Balaban J connectivity index is 4.68. The maximum absolute atomic E-state index is 11.7. The molecule has 0 radical (unpaired) electrons. The van der Waals surface area contributed by atoms with Gasteiger partial charge in [-0.05, 0) is 20.8 Å². The lowest BCUT2D eigenvalue weighted by Gasteiger charge is -2.29. The number of carbonyl (C=O) groups is 1. The Kier molecular flexibility index (Phi) is 5.96. The summed E-state index contributed by atoms with van der Waals surface area (Å²) in [5, 5.41) is 0. The van der Waals surface area contributed by atoms with Crippen LogP contribution < -0.4 is 5.73 Å². The second kappa shape index (κ2) is 6.20. The molecule has 0 saturated heterocycles. The molecule has 0 bridgehead atoms. The normalized spacial score (nSPS) is 15.6. The van der Waals surface area contributed by atoms with Gasteiger partial charge in [0.25, 0.3) is 0 Å². The van der Waals surface area contributed by atoms with Gasteiger partial charge in [-0.2, -0.15) is 0 Å². The van der Waals surface area contributed by atoms with Gasteiger partial charge in [0.15, 0.2) is 9.84 Å². The van der Waals surface area contributed by atoms with Crippen molar-refractivity contribution in [3.8, 4) is 0 Å². The van der Waals surface area contributed by atoms with Crippen molar-refractivity contribution in [2.24, 2.45) is 5.73 Å². The molecular formula is C10H22N2O3S. The Morgan fingerprint density at radius 3 is 2.12 bits per heavy atom. The van der Waals surface area contributed by atoms with Crippen molar-refractivity contribution in [2.45, 2.75) is 39.8 Å². The van der Waals surface area contributed by atoms with E-state index in [1.807, 2.05) is 6.92 Å². The molecule has 0 fully saturated rings. The average molecular weight is 250 g/mol. The number of carbonyl (C=O) groups excluding carboxylic acids is 1. The van der Waals surface area contributed by atoms with Gasteiger partial charge in [-0.25, -0.2) is 8.42 Å². The van der Waals surface area contributed by atoms with E-state index in [1.165, 1.54) is 4.90 Å². The molecule has 1 amide bonds. The summed E-state index contributed by atoms with van der Waals surface area (Å²) in [6, 6.07) is -0.916. The van der Waals surface area contributed by atoms with Crippen LogP contribution in [0.5, 0.6) is 0 Å². The molecule has 96 valence electrons. The molecule has 0 aliphatic heterocycles. The number of amides is 1. The van der Waals surface area contributed by atoms with Gasteiger partial charge in [-0.3, -0.25) is 4.79 Å². The smallest absolute Gasteiger partial charge is 0.239 e. The zero-order chi connectivity index (χ0) is 12.9. The zero-order valence-electron chi connectivity index (χ0n) is 10.4. The molecule has 5 nitrogen and oxygen atoms in total. The Morgan fingerprint density at radius 1 is 1.31 bits per heavy atom. The maximum Gasteiger partial charge on any atom is 0.239 e. The molecule has 0 aromatic carbocycles. The molecule has 0 saturated carbocycles. The second-order valence-electron chi connectivity index (χ2n) is 3.96. The zero-order valence-corrected chi connectivity index (χ0v) is 11.3. The molecule has 0 spiro atoms. The van der Waals surface area contributed by atoms with Gasteiger partial charge in [-0.1, -0.05) is 6.92 Å². The second-order valence-corrected chi connectivity index (χ2v) is 6.36. The van der Waals surface area contributed by atoms with Gasteiger partial charge >= 0.3 is 0 Å². The molecule has 2 atom stereocenters. The Labute approximate surface area is 97.9 Å². The summed E-state index contributed by atoms with van der Waals surface area (Å²) < 4.78 is 22.9. The van der Waals surface area contributed by atoms with E-state index >= 15 is 0 Å². The first-order chi connectivity index (χ1) is 7.25. The van der Waals surface area contributed by atoms with Crippen molar-refractivity contribution in [3.63, 3.8) is 0 Å². The molecule has 0 rings (SSSR count). The number of hydrogen-bond donors (Lipinski definition) is 1. The van der Waals surface area contributed by atoms with Gasteiger partial charge < -0.3 is 10.6 Å². The molecule has 0 aliphatic carbocycles. The van der Waals surface area contributed by atoms with Crippen LogP contribution in [0.15, 0.2) is 0 Å². The third kappa shape index (κ3) is 4.49. The van der Waals surface area contributed by atoms with E-state index < -0.39 is 15.9 Å². The molecule has 0 aromatic rings. The highest BCUT2D eigenvalue weighted by molar-refractivity contribution is 7.91. The summed E-state index contributed by atoms with van der Waals surface area (Å²) in [5.74, 6) is -0.113. The lowest BCUT2D eigenvalue weighted by Crippen LogP contribution is -2.48. The van der Waals surface area contributed by atoms with Crippen LogP contribution in [-0.2, 0) is 14.6 Å². The third-order valence-electron chi connectivity index (χ3n) is 2.48. The molecule has 16 heavy (non-hydrogen) atoms. The predicted molar refractivity (Wildman–Crippen MR) is 64.8 cm³/mol. The monoisotopic (exact) mass is 250 g/mol. The minimum Gasteiger partial charge on any atom is -0.338 e. The van der Waals surface area contributed by atoms with Crippen LogP contribution in [0.1, 0.15) is 27.7 Å². The molecule has 6 heteroatoms. The van der Waals surface area contributed by atoms with Crippen LogP contribution in [0.3, 0.4) is 0 Å². The summed E-state index contributed by atoms with van der Waals surface area (Å²) in [6.45, 7) is 7.23. The van der Waals surface area contributed by atoms with E-state index in [0.717, 1.165) is 0 Å². The predicted octanol–water partition coefficient (Wildman–Crippen LogP) is 0.00530. The third-order valence-corrected chi connectivity index (χ3v) is 4.35. The molecule has 1 unspecified atom stereocenters. The first-order valence-corrected chi connectivity index (χ1v) is 7.33. The summed E-state index contributed by atoms with van der Waals surface area (Å²) >= 11 is 0. The van der Waals surface area contributed by atoms with Crippen molar-refractivity contribution >= 4 is 15.7 Å². The maximum atomic E-state index is 11.7. The largest absolute Gasteiger partial charge is 0.338 e. The van der Waals surface area contributed by atoms with Crippen molar-refractivity contribution in [2.75, 3.05) is 18.1 Å². The van der Waals surface area contributed by atoms with Crippen LogP contribution >= 0.6 is 0 Å². The standard InChI is InChI=1S/C10H22N2O3S/c1-5-12(10(13)9(4)11)8(3)7-16(14,15)6-2/h8-9H,5-7,11H2,1-4H3/t8?,9-/m0/s1. The number of likely N-dealkylation sites (N-methyl/N-ethyl adjacent to an activating group) is 1. The fourth-order valence-electron chi connectivity index (χ4n) is 1.52. The quantitative estimate of drug-likeness (QED) is 0.720. The highest BCUT2D eigenvalue weighted by Gasteiger charge is 2.24. The lowest BCUT2D eigenvalue weighted by atomic mass is 10.2. The fraction of sp³-hybridized carbons (Fsp3) is 0.900. The van der Waals surface area contributed by atoms with Gasteiger partial charge in [-0.15, -0.1) is 0 Å². The van der Waals surface area contributed by atoms with Gasteiger partial charge in [0.05, 0.1) is 11.8 Å². The lowest BCUT2D eigenvalue weighted by molar-refractivity contribution is -0.133. The summed E-state index contributed by atoms with van der Waals surface area (Å²) in [5.41, 5.74) is 5.51. The molecule has 2 N–H and O–H groups in total. The van der Waals surface area contributed by atoms with Crippen molar-refractivity contribution < 1.29 is 13.2 Å². The number of nitrogens with zero attached hydrogens (tertiary/aromatic N) is 1. The van der Waals surface area contributed by atoms with E-state index in [-0.39, 0.29) is 23.5 Å². The van der Waals surface area contributed by atoms with Crippen LogP contribution in [-0.4, -0.2) is 49.4 Å². The van der Waals surface area contributed by atoms with Crippen LogP contribution in [0.2, 0.25) is 0 Å². The Morgan fingerprint density at radius 2 is 1.81 bits per heavy atom. The van der Waals surface area contributed by atoms with Gasteiger partial charge in [0, 0.05) is 18.3 Å². The van der Waals surface area contributed by atoms with Crippen molar-refractivity contribution in [1.29, 1.82) is 0 Å². The number of rotatable bonds is 6. The molecular weight excluding hydrogens is 228 g/mol. The fourth-order valence-corrected chi connectivity index (χ4v) is 2.67. The summed E-state index contributed by atoms with van der Waals surface area (Å²) in [7, 11) is -3.07. The number of sulfone groups is 1. The average Bonchev–Trinajstić information content (AvgIpc) is 2.17. The molecule has 0 aromatic heterocycles. The van der Waals surface area contributed by atoms with E-state index in [2.05, 4.69) is 0 Å². The Hall–Kier alpha value is -0.620. The van der Waals surface area contributed by atoms with Crippen LogP contribution in [0, 0.1) is 0 Å². The first-order valence-electron chi connectivity index (χ1n) is 5.51.